The van der Waals surface area contributed by atoms with Gasteiger partial charge in [0.05, 0.1) is 0 Å². The third-order valence-corrected chi connectivity index (χ3v) is 2.79. The summed E-state index contributed by atoms with van der Waals surface area (Å²) in [6, 6.07) is 4.10. The zero-order chi connectivity index (χ0) is 16.5. The summed E-state index contributed by atoms with van der Waals surface area (Å²) in [6.07, 6.45) is -5.24. The first kappa shape index (κ1) is 17.5. The van der Waals surface area contributed by atoms with Crippen molar-refractivity contribution in [2.24, 2.45) is 0 Å². The van der Waals surface area contributed by atoms with Gasteiger partial charge in [0.15, 0.2) is 0 Å². The summed E-state index contributed by atoms with van der Waals surface area (Å²) in [6.45, 7) is 1.83. The fraction of sp³-hybridized carbons (Fsp3) is 0.462. The van der Waals surface area contributed by atoms with E-state index < -0.39 is 29.4 Å². The quantitative estimate of drug-likeness (QED) is 0.570. The van der Waals surface area contributed by atoms with Crippen LogP contribution >= 0.6 is 0 Å². The summed E-state index contributed by atoms with van der Waals surface area (Å²) < 4.78 is 87.9. The van der Waals surface area contributed by atoms with Gasteiger partial charge in [-0.1, -0.05) is 37.6 Å². The molecule has 8 heteroatoms. The minimum absolute atomic E-state index is 0.559. The van der Waals surface area contributed by atoms with Gasteiger partial charge in [-0.3, -0.25) is 4.79 Å². The predicted octanol–water partition coefficient (Wildman–Crippen LogP) is 4.65. The topological polar surface area (TPSA) is 17.1 Å². The molecule has 0 aliphatic rings. The minimum atomic E-state index is -6.52. The highest BCUT2D eigenvalue weighted by atomic mass is 19.4. The fourth-order valence-corrected chi connectivity index (χ4v) is 1.61. The van der Waals surface area contributed by atoms with Gasteiger partial charge < -0.3 is 0 Å². The second-order valence-electron chi connectivity index (χ2n) is 4.42. The SMILES string of the molecule is CCCc1ccc(C(=O)C(F)(F)C(F)(F)C(F)(F)F)cc1. The lowest BCUT2D eigenvalue weighted by Crippen LogP contribution is -2.56. The largest absolute Gasteiger partial charge is 0.460 e. The molecule has 0 aromatic heterocycles. The summed E-state index contributed by atoms with van der Waals surface area (Å²) in [5, 5.41) is 0. The first-order valence-corrected chi connectivity index (χ1v) is 5.91. The normalized spacial score (nSPS) is 13.3. The highest BCUT2D eigenvalue weighted by Crippen LogP contribution is 2.47. The molecule has 0 fully saturated rings. The lowest BCUT2D eigenvalue weighted by Gasteiger charge is -2.27. The van der Waals surface area contributed by atoms with Crippen molar-refractivity contribution in [1.29, 1.82) is 0 Å². The second-order valence-corrected chi connectivity index (χ2v) is 4.42. The lowest BCUT2D eigenvalue weighted by molar-refractivity contribution is -0.339. The Morgan fingerprint density at radius 3 is 1.81 bits per heavy atom. The molecule has 0 saturated heterocycles. The van der Waals surface area contributed by atoms with Crippen LogP contribution in [0.3, 0.4) is 0 Å². The van der Waals surface area contributed by atoms with Crippen molar-refractivity contribution < 1.29 is 35.5 Å². The number of rotatable bonds is 5. The average molecular weight is 316 g/mol. The van der Waals surface area contributed by atoms with Crippen LogP contribution in [0.4, 0.5) is 30.7 Å². The maximum Gasteiger partial charge on any atom is 0.460 e. The van der Waals surface area contributed by atoms with Crippen molar-refractivity contribution in [3.63, 3.8) is 0 Å². The third-order valence-electron chi connectivity index (χ3n) is 2.79. The lowest BCUT2D eigenvalue weighted by atomic mass is 9.98. The Morgan fingerprint density at radius 2 is 1.43 bits per heavy atom. The molecule has 0 spiro atoms. The minimum Gasteiger partial charge on any atom is -0.287 e. The van der Waals surface area contributed by atoms with Crippen LogP contribution in [-0.4, -0.2) is 23.8 Å². The Hall–Kier alpha value is -1.60. The molecule has 118 valence electrons. The van der Waals surface area contributed by atoms with Gasteiger partial charge in [-0.15, -0.1) is 0 Å². The highest BCUT2D eigenvalue weighted by Gasteiger charge is 2.76. The number of hydrogen-bond donors (Lipinski definition) is 0. The van der Waals surface area contributed by atoms with Crippen LogP contribution in [0.2, 0.25) is 0 Å². The van der Waals surface area contributed by atoms with E-state index in [1.165, 1.54) is 12.1 Å². The molecule has 0 amide bonds. The number of alkyl halides is 7. The predicted molar refractivity (Wildman–Crippen MR) is 60.7 cm³/mol. The zero-order valence-electron chi connectivity index (χ0n) is 10.8. The van der Waals surface area contributed by atoms with E-state index in [1.54, 1.807) is 0 Å². The van der Waals surface area contributed by atoms with Crippen LogP contribution in [0.15, 0.2) is 24.3 Å². The molecule has 0 radical (unpaired) electrons. The molecule has 0 aliphatic carbocycles. The molecule has 1 aromatic rings. The summed E-state index contributed by atoms with van der Waals surface area (Å²) in [5.41, 5.74) is -0.247. The van der Waals surface area contributed by atoms with E-state index in [9.17, 15) is 35.5 Å². The van der Waals surface area contributed by atoms with E-state index in [1.807, 2.05) is 6.92 Å². The van der Waals surface area contributed by atoms with E-state index >= 15 is 0 Å². The van der Waals surface area contributed by atoms with Gasteiger partial charge in [0.25, 0.3) is 0 Å². The summed E-state index contributed by atoms with van der Waals surface area (Å²) in [7, 11) is 0. The maximum absolute atomic E-state index is 13.2. The summed E-state index contributed by atoms with van der Waals surface area (Å²) in [5.74, 6) is -14.9. The van der Waals surface area contributed by atoms with Crippen LogP contribution in [0.5, 0.6) is 0 Å². The van der Waals surface area contributed by atoms with Crippen LogP contribution in [0.1, 0.15) is 29.3 Å². The van der Waals surface area contributed by atoms with Crippen molar-refractivity contribution in [2.45, 2.75) is 37.8 Å². The Morgan fingerprint density at radius 1 is 0.952 bits per heavy atom. The van der Waals surface area contributed by atoms with E-state index in [0.29, 0.717) is 12.0 Å². The number of carbonyl (C=O) groups excluding carboxylic acids is 1. The van der Waals surface area contributed by atoms with E-state index in [-0.39, 0.29) is 0 Å². The molecule has 21 heavy (non-hydrogen) atoms. The monoisotopic (exact) mass is 316 g/mol. The molecule has 0 N–H and O–H groups in total. The second kappa shape index (κ2) is 5.65. The number of Topliss-reactive ketones (excluding diaryl/α,β-unsaturated/α-hetero) is 1. The Bertz CT molecular complexity index is 502. The first-order chi connectivity index (χ1) is 9.45. The van der Waals surface area contributed by atoms with Crippen molar-refractivity contribution >= 4 is 5.78 Å². The van der Waals surface area contributed by atoms with Gasteiger partial charge >= 0.3 is 18.0 Å². The molecule has 0 saturated carbocycles. The molecule has 0 unspecified atom stereocenters. The Labute approximate surface area is 115 Å². The van der Waals surface area contributed by atoms with Gasteiger partial charge in [-0.2, -0.15) is 30.7 Å². The van der Waals surface area contributed by atoms with E-state index in [2.05, 4.69) is 0 Å². The van der Waals surface area contributed by atoms with Crippen molar-refractivity contribution in [1.82, 2.24) is 0 Å². The Balaban J connectivity index is 3.11. The number of carbonyl (C=O) groups is 1. The smallest absolute Gasteiger partial charge is 0.287 e. The van der Waals surface area contributed by atoms with Gasteiger partial charge in [0.2, 0.25) is 5.78 Å². The first-order valence-electron chi connectivity index (χ1n) is 5.91. The van der Waals surface area contributed by atoms with Crippen LogP contribution < -0.4 is 0 Å². The molecule has 1 rings (SSSR count). The number of halogens is 7. The van der Waals surface area contributed by atoms with Crippen molar-refractivity contribution in [3.8, 4) is 0 Å². The van der Waals surface area contributed by atoms with Crippen molar-refractivity contribution in [2.75, 3.05) is 0 Å². The van der Waals surface area contributed by atoms with Gasteiger partial charge in [-0.25, -0.2) is 0 Å². The number of benzene rings is 1. The Kier molecular flexibility index (Phi) is 4.70. The molecule has 1 nitrogen and oxygen atoms in total. The van der Waals surface area contributed by atoms with Gasteiger partial charge in [0, 0.05) is 5.56 Å². The van der Waals surface area contributed by atoms with Gasteiger partial charge in [0.1, 0.15) is 0 Å². The number of aryl methyl sites for hydroxylation is 1. The number of ketones is 1. The third kappa shape index (κ3) is 3.19. The molecule has 0 atom stereocenters. The molecule has 0 aliphatic heterocycles. The molecule has 0 bridgehead atoms. The average Bonchev–Trinajstić information content (AvgIpc) is 2.37. The number of hydrogen-bond acceptors (Lipinski definition) is 1. The van der Waals surface area contributed by atoms with E-state index in [4.69, 9.17) is 0 Å². The van der Waals surface area contributed by atoms with Crippen LogP contribution in [0, 0.1) is 0 Å². The van der Waals surface area contributed by atoms with E-state index in [0.717, 1.165) is 18.6 Å². The molecular weight excluding hydrogens is 305 g/mol. The maximum atomic E-state index is 13.2. The summed E-state index contributed by atoms with van der Waals surface area (Å²) >= 11 is 0. The molecule has 0 heterocycles. The summed E-state index contributed by atoms with van der Waals surface area (Å²) in [4.78, 5) is 11.3. The molecule has 1 aromatic carbocycles. The molecular formula is C13H11F7O. The van der Waals surface area contributed by atoms with Crippen molar-refractivity contribution in [3.05, 3.63) is 35.4 Å². The zero-order valence-corrected chi connectivity index (χ0v) is 10.8. The van der Waals surface area contributed by atoms with Crippen LogP contribution in [0.25, 0.3) is 0 Å². The standard InChI is InChI=1S/C13H11F7O/c1-2-3-8-4-6-9(7-5-8)10(21)11(14,15)12(16,17)13(18,19)20/h4-7H,2-3H2,1H3. The highest BCUT2D eigenvalue weighted by molar-refractivity contribution is 6.02. The van der Waals surface area contributed by atoms with Crippen LogP contribution in [-0.2, 0) is 6.42 Å². The fourth-order valence-electron chi connectivity index (χ4n) is 1.61. The van der Waals surface area contributed by atoms with Gasteiger partial charge in [-0.05, 0) is 12.0 Å².